The van der Waals surface area contributed by atoms with Crippen molar-refractivity contribution in [2.45, 2.75) is 264 Å². The second-order valence-electron chi connectivity index (χ2n) is 17.4. The highest BCUT2D eigenvalue weighted by molar-refractivity contribution is 5.71. The minimum Gasteiger partial charge on any atom is -0.462 e. The fourth-order valence-corrected chi connectivity index (χ4v) is 7.31. The van der Waals surface area contributed by atoms with E-state index < -0.39 is 6.10 Å². The van der Waals surface area contributed by atoms with Gasteiger partial charge in [0.2, 0.25) is 0 Å². The standard InChI is InChI=1S/C56H98O6/c1-4-7-10-13-16-19-22-25-27-29-31-34-37-40-43-46-49-55(58)61-52-53(51-60-54(57)48-45-42-39-36-33-30-24-21-18-15-12-9-6-3)62-56(59)50-47-44-41-38-35-32-28-26-23-20-17-14-11-8-5-2/h8,11,17,20-21,24,26,28,35,38,53H,4-7,9-10,12-16,18-19,22-23,25,27,29-34,36-37,39-52H2,1-3H3/b11-8-,20-17-,24-21-,28-26-,38-35-. The van der Waals surface area contributed by atoms with E-state index in [4.69, 9.17) is 14.2 Å². The first-order valence-electron chi connectivity index (χ1n) is 26.3. The smallest absolute Gasteiger partial charge is 0.306 e. The summed E-state index contributed by atoms with van der Waals surface area (Å²) in [6.45, 7) is 6.48. The van der Waals surface area contributed by atoms with Crippen molar-refractivity contribution in [3.8, 4) is 0 Å². The van der Waals surface area contributed by atoms with E-state index >= 15 is 0 Å². The number of ether oxygens (including phenoxy) is 3. The monoisotopic (exact) mass is 867 g/mol. The topological polar surface area (TPSA) is 78.9 Å². The summed E-state index contributed by atoms with van der Waals surface area (Å²) >= 11 is 0. The summed E-state index contributed by atoms with van der Waals surface area (Å²) in [7, 11) is 0. The van der Waals surface area contributed by atoms with Crippen molar-refractivity contribution in [3.63, 3.8) is 0 Å². The van der Waals surface area contributed by atoms with E-state index in [9.17, 15) is 14.4 Å². The zero-order valence-corrected chi connectivity index (χ0v) is 40.9. The molecule has 0 saturated heterocycles. The minimum absolute atomic E-state index is 0.0914. The van der Waals surface area contributed by atoms with Crippen LogP contribution in [-0.4, -0.2) is 37.2 Å². The number of allylic oxidation sites excluding steroid dienone is 10. The molecular weight excluding hydrogens is 769 g/mol. The molecule has 0 N–H and O–H groups in total. The zero-order chi connectivity index (χ0) is 45.1. The first kappa shape index (κ1) is 59.1. The Morgan fingerprint density at radius 3 is 1.05 bits per heavy atom. The lowest BCUT2D eigenvalue weighted by atomic mass is 10.0. The van der Waals surface area contributed by atoms with Gasteiger partial charge in [0, 0.05) is 19.3 Å². The molecule has 62 heavy (non-hydrogen) atoms. The van der Waals surface area contributed by atoms with Crippen LogP contribution in [0.5, 0.6) is 0 Å². The van der Waals surface area contributed by atoms with Gasteiger partial charge >= 0.3 is 17.9 Å². The zero-order valence-electron chi connectivity index (χ0n) is 40.9. The normalized spacial score (nSPS) is 12.5. The van der Waals surface area contributed by atoms with E-state index in [0.717, 1.165) is 83.5 Å². The van der Waals surface area contributed by atoms with Crippen LogP contribution < -0.4 is 0 Å². The average Bonchev–Trinajstić information content (AvgIpc) is 3.27. The third-order valence-electron chi connectivity index (χ3n) is 11.3. The van der Waals surface area contributed by atoms with Crippen LogP contribution in [0.15, 0.2) is 60.8 Å². The molecule has 6 nitrogen and oxygen atoms in total. The molecule has 1 atom stereocenters. The molecular formula is C56H98O6. The Hall–Kier alpha value is -2.89. The molecule has 0 saturated carbocycles. The third-order valence-corrected chi connectivity index (χ3v) is 11.3. The van der Waals surface area contributed by atoms with Gasteiger partial charge in [0.1, 0.15) is 13.2 Å². The molecule has 0 aromatic carbocycles. The van der Waals surface area contributed by atoms with Crippen LogP contribution in [0.1, 0.15) is 258 Å². The molecule has 0 spiro atoms. The molecule has 0 aromatic rings. The van der Waals surface area contributed by atoms with Crippen molar-refractivity contribution in [1.29, 1.82) is 0 Å². The van der Waals surface area contributed by atoms with Crippen LogP contribution in [0.2, 0.25) is 0 Å². The Kier molecular flexibility index (Phi) is 48.4. The van der Waals surface area contributed by atoms with Crippen LogP contribution in [0.3, 0.4) is 0 Å². The van der Waals surface area contributed by atoms with E-state index in [1.165, 1.54) is 128 Å². The second kappa shape index (κ2) is 50.8. The van der Waals surface area contributed by atoms with Gasteiger partial charge in [-0.15, -0.1) is 0 Å². The highest BCUT2D eigenvalue weighted by atomic mass is 16.6. The summed E-state index contributed by atoms with van der Waals surface area (Å²) in [5, 5.41) is 0. The van der Waals surface area contributed by atoms with Crippen LogP contribution in [-0.2, 0) is 28.6 Å². The number of hydrogen-bond donors (Lipinski definition) is 0. The van der Waals surface area contributed by atoms with Crippen molar-refractivity contribution < 1.29 is 28.6 Å². The molecule has 358 valence electrons. The second-order valence-corrected chi connectivity index (χ2v) is 17.4. The first-order chi connectivity index (χ1) is 30.5. The van der Waals surface area contributed by atoms with E-state index in [1.54, 1.807) is 0 Å². The molecule has 0 aliphatic rings. The Morgan fingerprint density at radius 2 is 0.629 bits per heavy atom. The summed E-state index contributed by atoms with van der Waals surface area (Å²) in [6.07, 6.45) is 62.1. The van der Waals surface area contributed by atoms with Gasteiger partial charge in [-0.1, -0.05) is 216 Å². The maximum absolute atomic E-state index is 12.8. The molecule has 0 heterocycles. The SMILES string of the molecule is CC/C=C\C/C=C\C/C=C\C/C=C\CCCCC(=O)OC(COC(=O)CCCCCCC/C=C\CCCCCC)COC(=O)CCCCCCCCCCCCCCCCCC. The fraction of sp³-hybridized carbons (Fsp3) is 0.768. The van der Waals surface area contributed by atoms with Crippen molar-refractivity contribution in [2.75, 3.05) is 13.2 Å². The highest BCUT2D eigenvalue weighted by Crippen LogP contribution is 2.15. The van der Waals surface area contributed by atoms with Crippen LogP contribution in [0, 0.1) is 0 Å². The van der Waals surface area contributed by atoms with E-state index in [-0.39, 0.29) is 37.5 Å². The van der Waals surface area contributed by atoms with Crippen molar-refractivity contribution in [1.82, 2.24) is 0 Å². The minimum atomic E-state index is -0.796. The number of unbranched alkanes of at least 4 members (excludes halogenated alkanes) is 26. The molecule has 0 aromatic heterocycles. The van der Waals surface area contributed by atoms with Gasteiger partial charge in [0.15, 0.2) is 6.10 Å². The number of carbonyl (C=O) groups excluding carboxylic acids is 3. The van der Waals surface area contributed by atoms with E-state index in [0.29, 0.717) is 19.3 Å². The van der Waals surface area contributed by atoms with E-state index in [2.05, 4.69) is 81.5 Å². The molecule has 1 unspecified atom stereocenters. The molecule has 6 heteroatoms. The molecule has 0 bridgehead atoms. The van der Waals surface area contributed by atoms with Gasteiger partial charge in [-0.2, -0.15) is 0 Å². The van der Waals surface area contributed by atoms with Crippen LogP contribution in [0.4, 0.5) is 0 Å². The lowest BCUT2D eigenvalue weighted by molar-refractivity contribution is -0.167. The van der Waals surface area contributed by atoms with Crippen LogP contribution >= 0.6 is 0 Å². The summed E-state index contributed by atoms with van der Waals surface area (Å²) in [5.74, 6) is -0.936. The lowest BCUT2D eigenvalue weighted by Crippen LogP contribution is -2.30. The lowest BCUT2D eigenvalue weighted by Gasteiger charge is -2.18. The number of rotatable bonds is 47. The fourth-order valence-electron chi connectivity index (χ4n) is 7.31. The molecule has 0 aliphatic carbocycles. The van der Waals surface area contributed by atoms with Gasteiger partial charge in [0.25, 0.3) is 0 Å². The van der Waals surface area contributed by atoms with Gasteiger partial charge in [-0.05, 0) is 83.5 Å². The van der Waals surface area contributed by atoms with E-state index in [1.807, 2.05) is 0 Å². The number of hydrogen-bond acceptors (Lipinski definition) is 6. The van der Waals surface area contributed by atoms with Gasteiger partial charge in [-0.3, -0.25) is 14.4 Å². The largest absolute Gasteiger partial charge is 0.462 e. The quantitative estimate of drug-likeness (QED) is 0.0262. The van der Waals surface area contributed by atoms with Crippen LogP contribution in [0.25, 0.3) is 0 Å². The Balaban J connectivity index is 4.43. The van der Waals surface area contributed by atoms with Crippen molar-refractivity contribution in [3.05, 3.63) is 60.8 Å². The summed E-state index contributed by atoms with van der Waals surface area (Å²) in [4.78, 5) is 38.0. The number of carbonyl (C=O) groups is 3. The molecule has 0 amide bonds. The third kappa shape index (κ3) is 48.1. The summed E-state index contributed by atoms with van der Waals surface area (Å²) in [6, 6.07) is 0. The van der Waals surface area contributed by atoms with Gasteiger partial charge in [0.05, 0.1) is 0 Å². The van der Waals surface area contributed by atoms with Crippen molar-refractivity contribution >= 4 is 17.9 Å². The predicted molar refractivity (Wildman–Crippen MR) is 265 cm³/mol. The van der Waals surface area contributed by atoms with Crippen molar-refractivity contribution in [2.24, 2.45) is 0 Å². The maximum atomic E-state index is 12.8. The predicted octanol–water partition coefficient (Wildman–Crippen LogP) is 17.3. The maximum Gasteiger partial charge on any atom is 0.306 e. The summed E-state index contributed by atoms with van der Waals surface area (Å²) in [5.41, 5.74) is 0. The first-order valence-corrected chi connectivity index (χ1v) is 26.3. The Morgan fingerprint density at radius 1 is 0.339 bits per heavy atom. The molecule has 0 rings (SSSR count). The summed E-state index contributed by atoms with van der Waals surface area (Å²) < 4.78 is 16.8. The highest BCUT2D eigenvalue weighted by Gasteiger charge is 2.19. The van der Waals surface area contributed by atoms with Gasteiger partial charge in [-0.25, -0.2) is 0 Å². The molecule has 0 aliphatic heterocycles. The Labute approximate surface area is 383 Å². The molecule has 0 fully saturated rings. The number of esters is 3. The Bertz CT molecular complexity index is 1130. The molecule has 0 radical (unpaired) electrons. The van der Waals surface area contributed by atoms with Gasteiger partial charge < -0.3 is 14.2 Å². The average molecular weight is 867 g/mol.